The summed E-state index contributed by atoms with van der Waals surface area (Å²) in [7, 11) is 1.73. The Bertz CT molecular complexity index is 574. The van der Waals surface area contributed by atoms with Crippen LogP contribution < -0.4 is 10.1 Å². The summed E-state index contributed by atoms with van der Waals surface area (Å²) in [6, 6.07) is 8.20. The van der Waals surface area contributed by atoms with Crippen LogP contribution >= 0.6 is 11.8 Å². The fourth-order valence-corrected chi connectivity index (χ4v) is 4.20. The van der Waals surface area contributed by atoms with Gasteiger partial charge in [0.2, 0.25) is 0 Å². The van der Waals surface area contributed by atoms with Crippen molar-refractivity contribution in [3.63, 3.8) is 0 Å². The van der Waals surface area contributed by atoms with Gasteiger partial charge in [-0.2, -0.15) is 0 Å². The monoisotopic (exact) mass is 393 g/mol. The number of nitrogens with zero attached hydrogens (tertiary/aromatic N) is 2. The van der Waals surface area contributed by atoms with Gasteiger partial charge in [-0.3, -0.25) is 4.99 Å². The third-order valence-electron chi connectivity index (χ3n) is 4.62. The zero-order valence-electron chi connectivity index (χ0n) is 17.2. The number of benzene rings is 1. The zero-order valence-corrected chi connectivity index (χ0v) is 18.1. The smallest absolute Gasteiger partial charge is 0.193 e. The quantitative estimate of drug-likeness (QED) is 0.392. The molecular weight excluding hydrogens is 358 g/mol. The second kappa shape index (κ2) is 12.1. The van der Waals surface area contributed by atoms with E-state index >= 15 is 0 Å². The number of nitrogens with one attached hydrogen (secondary N) is 1. The third-order valence-corrected chi connectivity index (χ3v) is 6.01. The van der Waals surface area contributed by atoms with Crippen LogP contribution in [-0.2, 0) is 4.74 Å². The molecule has 0 saturated carbocycles. The summed E-state index contributed by atoms with van der Waals surface area (Å²) in [5.41, 5.74) is 0. The highest BCUT2D eigenvalue weighted by atomic mass is 32.2. The van der Waals surface area contributed by atoms with Gasteiger partial charge in [0.05, 0.1) is 13.2 Å². The summed E-state index contributed by atoms with van der Waals surface area (Å²) in [4.78, 5) is 8.48. The Morgan fingerprint density at radius 1 is 1.30 bits per heavy atom. The molecule has 1 atom stereocenters. The van der Waals surface area contributed by atoms with Crippen molar-refractivity contribution >= 4 is 17.7 Å². The molecule has 27 heavy (non-hydrogen) atoms. The highest BCUT2D eigenvalue weighted by molar-refractivity contribution is 7.99. The van der Waals surface area contributed by atoms with Crippen LogP contribution in [0.25, 0.3) is 0 Å². The van der Waals surface area contributed by atoms with Crippen molar-refractivity contribution in [2.24, 2.45) is 10.9 Å². The standard InChI is InChI=1S/C21H35N3O2S/c1-5-22-21(24-13-11-18(12-14-24)26-6-2)23-15-17(3)16-27-20-10-8-7-9-19(20)25-4/h7-10,17-18H,5-6,11-16H2,1-4H3,(H,22,23). The molecule has 1 aliphatic heterocycles. The number of rotatable bonds is 9. The Labute approximate surface area is 168 Å². The van der Waals surface area contributed by atoms with Crippen LogP contribution in [-0.4, -0.2) is 62.6 Å². The van der Waals surface area contributed by atoms with Crippen molar-refractivity contribution in [3.8, 4) is 5.75 Å². The lowest BCUT2D eigenvalue weighted by Crippen LogP contribution is -2.47. The highest BCUT2D eigenvalue weighted by Gasteiger charge is 2.21. The van der Waals surface area contributed by atoms with Crippen LogP contribution in [0.4, 0.5) is 0 Å². The maximum Gasteiger partial charge on any atom is 0.193 e. The van der Waals surface area contributed by atoms with Crippen LogP contribution in [0.2, 0.25) is 0 Å². The number of ether oxygens (including phenoxy) is 2. The molecule has 6 heteroatoms. The van der Waals surface area contributed by atoms with E-state index in [1.807, 2.05) is 23.9 Å². The molecule has 1 fully saturated rings. The second-order valence-corrected chi connectivity index (χ2v) is 7.97. The molecule has 0 bridgehead atoms. The molecular formula is C21H35N3O2S. The third kappa shape index (κ3) is 7.26. The van der Waals surface area contributed by atoms with E-state index in [0.29, 0.717) is 12.0 Å². The summed E-state index contributed by atoms with van der Waals surface area (Å²) < 4.78 is 11.2. The Balaban J connectivity index is 1.84. The first kappa shape index (κ1) is 21.9. The largest absolute Gasteiger partial charge is 0.496 e. The fourth-order valence-electron chi connectivity index (χ4n) is 3.16. The predicted molar refractivity (Wildman–Crippen MR) is 115 cm³/mol. The SMILES string of the molecule is CCNC(=NCC(C)CSc1ccccc1OC)N1CCC(OCC)CC1. The van der Waals surface area contributed by atoms with Crippen LogP contribution in [0, 0.1) is 5.92 Å². The Hall–Kier alpha value is -1.40. The molecule has 0 spiro atoms. The average Bonchev–Trinajstić information content (AvgIpc) is 2.70. The minimum absolute atomic E-state index is 0.408. The van der Waals surface area contributed by atoms with Crippen molar-refractivity contribution in [1.29, 1.82) is 0 Å². The number of piperidine rings is 1. The van der Waals surface area contributed by atoms with E-state index < -0.39 is 0 Å². The molecule has 1 aromatic carbocycles. The summed E-state index contributed by atoms with van der Waals surface area (Å²) in [6.07, 6.45) is 2.57. The van der Waals surface area contributed by atoms with Gasteiger partial charge in [-0.15, -0.1) is 11.8 Å². The van der Waals surface area contributed by atoms with Gasteiger partial charge in [0.25, 0.3) is 0 Å². The first-order valence-corrected chi connectivity index (χ1v) is 11.1. The van der Waals surface area contributed by atoms with Crippen LogP contribution in [0.5, 0.6) is 5.75 Å². The number of thioether (sulfide) groups is 1. The van der Waals surface area contributed by atoms with Gasteiger partial charge in [-0.1, -0.05) is 19.1 Å². The minimum Gasteiger partial charge on any atom is -0.496 e. The molecule has 1 unspecified atom stereocenters. The average molecular weight is 394 g/mol. The number of para-hydroxylation sites is 1. The topological polar surface area (TPSA) is 46.1 Å². The van der Waals surface area contributed by atoms with Crippen LogP contribution in [0.15, 0.2) is 34.2 Å². The maximum atomic E-state index is 5.76. The van der Waals surface area contributed by atoms with Crippen LogP contribution in [0.3, 0.4) is 0 Å². The van der Waals surface area contributed by atoms with E-state index in [2.05, 4.69) is 43.1 Å². The lowest BCUT2D eigenvalue weighted by Gasteiger charge is -2.34. The van der Waals surface area contributed by atoms with Gasteiger partial charge in [0.1, 0.15) is 5.75 Å². The molecule has 0 aromatic heterocycles. The minimum atomic E-state index is 0.408. The molecule has 1 aliphatic rings. The lowest BCUT2D eigenvalue weighted by atomic mass is 10.1. The predicted octanol–water partition coefficient (Wildman–Crippen LogP) is 3.89. The number of likely N-dealkylation sites (tertiary alicyclic amines) is 1. The molecule has 1 N–H and O–H groups in total. The van der Waals surface area contributed by atoms with E-state index in [1.54, 1.807) is 7.11 Å². The number of hydrogen-bond donors (Lipinski definition) is 1. The van der Waals surface area contributed by atoms with E-state index in [4.69, 9.17) is 14.5 Å². The molecule has 152 valence electrons. The molecule has 0 amide bonds. The molecule has 1 heterocycles. The first-order valence-electron chi connectivity index (χ1n) is 10.1. The van der Waals surface area contributed by atoms with Crippen molar-refractivity contribution < 1.29 is 9.47 Å². The number of aliphatic imine (C=N–C) groups is 1. The van der Waals surface area contributed by atoms with E-state index in [1.165, 1.54) is 4.90 Å². The number of methoxy groups -OCH3 is 1. The molecule has 5 nitrogen and oxygen atoms in total. The molecule has 2 rings (SSSR count). The summed E-state index contributed by atoms with van der Waals surface area (Å²) >= 11 is 1.84. The maximum absolute atomic E-state index is 5.76. The molecule has 1 saturated heterocycles. The normalized spacial score (nSPS) is 17.0. The Kier molecular flexibility index (Phi) is 9.84. The molecule has 1 aromatic rings. The Morgan fingerprint density at radius 3 is 2.70 bits per heavy atom. The van der Waals surface area contributed by atoms with Gasteiger partial charge in [-0.25, -0.2) is 0 Å². The van der Waals surface area contributed by atoms with Crippen LogP contribution in [0.1, 0.15) is 33.6 Å². The van der Waals surface area contributed by atoms with Gasteiger partial charge in [0, 0.05) is 43.4 Å². The summed E-state index contributed by atoms with van der Waals surface area (Å²) in [5.74, 6) is 3.51. The summed E-state index contributed by atoms with van der Waals surface area (Å²) in [5, 5.41) is 3.45. The molecule has 0 aliphatic carbocycles. The van der Waals surface area contributed by atoms with E-state index in [0.717, 1.165) is 63.1 Å². The second-order valence-electron chi connectivity index (χ2n) is 6.90. The Morgan fingerprint density at radius 2 is 2.04 bits per heavy atom. The number of guanidine groups is 1. The summed E-state index contributed by atoms with van der Waals surface area (Å²) in [6.45, 7) is 11.0. The highest BCUT2D eigenvalue weighted by Crippen LogP contribution is 2.30. The van der Waals surface area contributed by atoms with E-state index in [9.17, 15) is 0 Å². The lowest BCUT2D eigenvalue weighted by molar-refractivity contribution is 0.0263. The first-order chi connectivity index (χ1) is 13.2. The van der Waals surface area contributed by atoms with E-state index in [-0.39, 0.29) is 0 Å². The van der Waals surface area contributed by atoms with Crippen molar-refractivity contribution in [3.05, 3.63) is 24.3 Å². The van der Waals surface area contributed by atoms with Crippen molar-refractivity contribution in [1.82, 2.24) is 10.2 Å². The van der Waals surface area contributed by atoms with Gasteiger partial charge >= 0.3 is 0 Å². The zero-order chi connectivity index (χ0) is 19.5. The van der Waals surface area contributed by atoms with Crippen molar-refractivity contribution in [2.75, 3.05) is 45.6 Å². The van der Waals surface area contributed by atoms with Gasteiger partial charge in [0.15, 0.2) is 5.96 Å². The molecule has 0 radical (unpaired) electrons. The van der Waals surface area contributed by atoms with Gasteiger partial charge < -0.3 is 19.7 Å². The van der Waals surface area contributed by atoms with Gasteiger partial charge in [-0.05, 0) is 44.7 Å². The fraction of sp³-hybridized carbons (Fsp3) is 0.667. The van der Waals surface area contributed by atoms with Crippen molar-refractivity contribution in [2.45, 2.75) is 44.6 Å². The number of hydrogen-bond acceptors (Lipinski definition) is 4.